The van der Waals surface area contributed by atoms with Gasteiger partial charge in [-0.3, -0.25) is 4.79 Å². The van der Waals surface area contributed by atoms with Gasteiger partial charge in [0.1, 0.15) is 11.7 Å². The minimum Gasteiger partial charge on any atom is -0.496 e. The zero-order chi connectivity index (χ0) is 18.1. The van der Waals surface area contributed by atoms with Crippen LogP contribution in [-0.4, -0.2) is 53.6 Å². The molecule has 1 aromatic carbocycles. The maximum Gasteiger partial charge on any atom is 0.500 e. The Kier molecular flexibility index (Phi) is 4.63. The van der Waals surface area contributed by atoms with E-state index in [1.807, 2.05) is 24.3 Å². The van der Waals surface area contributed by atoms with E-state index in [-0.39, 0.29) is 11.8 Å². The number of methoxy groups -OCH3 is 1. The number of nitrogens with zero attached hydrogens (tertiary/aromatic N) is 2. The Morgan fingerprint density at radius 2 is 2.08 bits per heavy atom. The molecule has 8 heteroatoms. The largest absolute Gasteiger partial charge is 0.500 e. The fourth-order valence-corrected chi connectivity index (χ4v) is 3.85. The second-order valence-corrected chi connectivity index (χ2v) is 6.74. The van der Waals surface area contributed by atoms with E-state index in [4.69, 9.17) is 4.74 Å². The number of hydrogen-bond acceptors (Lipinski definition) is 5. The number of fused-ring (bicyclic) bond motifs is 1. The van der Waals surface area contributed by atoms with Crippen LogP contribution in [0.3, 0.4) is 0 Å². The van der Waals surface area contributed by atoms with Gasteiger partial charge in [-0.1, -0.05) is 18.2 Å². The lowest BCUT2D eigenvalue weighted by Gasteiger charge is -2.18. The van der Waals surface area contributed by atoms with Gasteiger partial charge in [0.2, 0.25) is 0 Å². The molecule has 0 saturated carbocycles. The van der Waals surface area contributed by atoms with Gasteiger partial charge >= 0.3 is 11.9 Å². The number of amides is 4. The van der Waals surface area contributed by atoms with Crippen molar-refractivity contribution in [2.45, 2.75) is 6.54 Å². The lowest BCUT2D eigenvalue weighted by atomic mass is 10.1. The van der Waals surface area contributed by atoms with Crippen LogP contribution in [0.1, 0.15) is 5.56 Å². The first kappa shape index (κ1) is 17.2. The second-order valence-electron chi connectivity index (χ2n) is 5.68. The molecule has 1 aromatic rings. The predicted octanol–water partition coefficient (Wildman–Crippen LogP) is 1.19. The summed E-state index contributed by atoms with van der Waals surface area (Å²) in [4.78, 5) is 38.2. The number of hydrogen-bond donors (Lipinski definition) is 1. The Bertz CT molecular complexity index is 831. The summed E-state index contributed by atoms with van der Waals surface area (Å²) in [6.45, 7) is 0.309. The monoisotopic (exact) mass is 360 g/mol. The summed E-state index contributed by atoms with van der Waals surface area (Å²) in [6, 6.07) is 7.02. The molecule has 7 nitrogen and oxygen atoms in total. The number of imide groups is 1. The van der Waals surface area contributed by atoms with Crippen molar-refractivity contribution < 1.29 is 23.7 Å². The average molecular weight is 360 g/mol. The molecule has 0 fully saturated rings. The molecule has 0 spiro atoms. The molecule has 2 heterocycles. The summed E-state index contributed by atoms with van der Waals surface area (Å²) in [6.07, 6.45) is 1.61. The van der Waals surface area contributed by atoms with Crippen molar-refractivity contribution in [3.05, 3.63) is 40.8 Å². The Morgan fingerprint density at radius 3 is 2.80 bits per heavy atom. The third-order valence-corrected chi connectivity index (χ3v) is 5.43. The molecule has 25 heavy (non-hydrogen) atoms. The smallest absolute Gasteiger partial charge is 0.496 e. The summed E-state index contributed by atoms with van der Waals surface area (Å²) in [5.74, 6) is -0.488. The Morgan fingerprint density at radius 1 is 1.36 bits per heavy atom. The summed E-state index contributed by atoms with van der Waals surface area (Å²) in [5, 5.41) is 3.39. The standard InChI is InChI=1S/C17H17N3O4S/c1-19-15(22)11-8-13(25-16(11)20(2)17(19)23)14(21)18-9-10-6-4-5-7-12(10)24-3/h4-8,11H,9H2,1-3H3/p+1. The van der Waals surface area contributed by atoms with Crippen molar-refractivity contribution in [2.75, 3.05) is 21.2 Å². The van der Waals surface area contributed by atoms with Crippen LogP contribution in [0.25, 0.3) is 0 Å². The van der Waals surface area contributed by atoms with E-state index in [1.54, 1.807) is 20.2 Å². The molecular weight excluding hydrogens is 342 g/mol. The molecule has 0 aliphatic carbocycles. The molecule has 0 aromatic heterocycles. The summed E-state index contributed by atoms with van der Waals surface area (Å²) in [7, 11) is 4.62. The SMILES string of the molecule is COc1ccccc1CNC(=O)C1=CC2C(=O)N(C)C(=O)[N+](C)=C2S1. The van der Waals surface area contributed by atoms with Crippen molar-refractivity contribution in [2.24, 2.45) is 5.92 Å². The molecule has 1 atom stereocenters. The topological polar surface area (TPSA) is 78.7 Å². The van der Waals surface area contributed by atoms with Crippen molar-refractivity contribution in [3.8, 4) is 5.75 Å². The number of carbonyl (C=O) groups is 3. The maximum atomic E-state index is 12.5. The zero-order valence-electron chi connectivity index (χ0n) is 14.1. The number of benzene rings is 1. The van der Waals surface area contributed by atoms with Crippen LogP contribution in [0.4, 0.5) is 4.79 Å². The number of ether oxygens (including phenoxy) is 1. The summed E-state index contributed by atoms with van der Waals surface area (Å²) in [5.41, 5.74) is 0.857. The van der Waals surface area contributed by atoms with Crippen LogP contribution in [0.2, 0.25) is 0 Å². The lowest BCUT2D eigenvalue weighted by Crippen LogP contribution is -2.49. The summed E-state index contributed by atoms with van der Waals surface area (Å²) >= 11 is 1.16. The van der Waals surface area contributed by atoms with Crippen molar-refractivity contribution in [1.82, 2.24) is 10.2 Å². The number of para-hydroxylation sites is 1. The molecule has 0 bridgehead atoms. The average Bonchev–Trinajstić information content (AvgIpc) is 3.08. The van der Waals surface area contributed by atoms with E-state index in [0.29, 0.717) is 22.2 Å². The first-order valence-corrected chi connectivity index (χ1v) is 8.47. The van der Waals surface area contributed by atoms with Gasteiger partial charge < -0.3 is 10.1 Å². The van der Waals surface area contributed by atoms with Crippen molar-refractivity contribution in [3.63, 3.8) is 0 Å². The first-order chi connectivity index (χ1) is 11.9. The number of carbonyl (C=O) groups excluding carboxylic acids is 3. The van der Waals surface area contributed by atoms with Gasteiger partial charge in [0, 0.05) is 12.1 Å². The van der Waals surface area contributed by atoms with E-state index >= 15 is 0 Å². The molecule has 130 valence electrons. The molecule has 0 radical (unpaired) electrons. The number of urea groups is 1. The second kappa shape index (κ2) is 6.72. The summed E-state index contributed by atoms with van der Waals surface area (Å²) < 4.78 is 6.67. The molecule has 0 saturated heterocycles. The normalized spacial score (nSPS) is 19.7. The van der Waals surface area contributed by atoms with Crippen molar-refractivity contribution >= 4 is 34.7 Å². The fourth-order valence-electron chi connectivity index (χ4n) is 2.74. The molecule has 1 N–H and O–H groups in total. The lowest BCUT2D eigenvalue weighted by molar-refractivity contribution is -0.403. The first-order valence-electron chi connectivity index (χ1n) is 7.66. The molecule has 1 unspecified atom stereocenters. The van der Waals surface area contributed by atoms with E-state index in [0.717, 1.165) is 22.2 Å². The molecule has 2 aliphatic heterocycles. The molecule has 4 amide bonds. The van der Waals surface area contributed by atoms with Gasteiger partial charge in [-0.15, -0.1) is 0 Å². The highest BCUT2D eigenvalue weighted by atomic mass is 32.2. The van der Waals surface area contributed by atoms with Crippen LogP contribution in [-0.2, 0) is 16.1 Å². The molecule has 3 rings (SSSR count). The molecular formula is C17H18N3O4S+. The quantitative estimate of drug-likeness (QED) is 0.816. The van der Waals surface area contributed by atoms with Gasteiger partial charge in [0.05, 0.1) is 26.1 Å². The third-order valence-electron chi connectivity index (χ3n) is 4.16. The molecule has 2 aliphatic rings. The minimum absolute atomic E-state index is 0.283. The van der Waals surface area contributed by atoms with Crippen molar-refractivity contribution in [1.29, 1.82) is 0 Å². The number of thioether (sulfide) groups is 1. The van der Waals surface area contributed by atoms with E-state index in [9.17, 15) is 14.4 Å². The highest BCUT2D eigenvalue weighted by Gasteiger charge is 2.48. The van der Waals surface area contributed by atoms with Crippen LogP contribution >= 0.6 is 11.8 Å². The van der Waals surface area contributed by atoms with Crippen LogP contribution < -0.4 is 10.1 Å². The Labute approximate surface area is 149 Å². The van der Waals surface area contributed by atoms with Gasteiger partial charge in [0.15, 0.2) is 5.04 Å². The maximum absolute atomic E-state index is 12.5. The highest BCUT2D eigenvalue weighted by molar-refractivity contribution is 8.18. The van der Waals surface area contributed by atoms with E-state index in [2.05, 4.69) is 5.32 Å². The van der Waals surface area contributed by atoms with E-state index in [1.165, 1.54) is 11.6 Å². The van der Waals surface area contributed by atoms with E-state index < -0.39 is 11.9 Å². The van der Waals surface area contributed by atoms with Crippen LogP contribution in [0.5, 0.6) is 5.75 Å². The minimum atomic E-state index is -0.579. The van der Waals surface area contributed by atoms with Crippen LogP contribution in [0.15, 0.2) is 35.2 Å². The van der Waals surface area contributed by atoms with Gasteiger partial charge in [-0.2, -0.15) is 14.3 Å². The predicted molar refractivity (Wildman–Crippen MR) is 93.4 cm³/mol. The zero-order valence-corrected chi connectivity index (χ0v) is 14.9. The van der Waals surface area contributed by atoms with Gasteiger partial charge in [-0.05, 0) is 23.9 Å². The number of rotatable bonds is 4. The number of nitrogens with one attached hydrogen (secondary N) is 1. The fraction of sp³-hybridized carbons (Fsp3) is 0.294. The Hall–Kier alpha value is -2.61. The van der Waals surface area contributed by atoms with Crippen LogP contribution in [0, 0.1) is 5.92 Å². The Balaban J connectivity index is 1.74. The highest BCUT2D eigenvalue weighted by Crippen LogP contribution is 2.35. The van der Waals surface area contributed by atoms with Gasteiger partial charge in [0.25, 0.3) is 5.91 Å². The third kappa shape index (κ3) is 3.05. The van der Waals surface area contributed by atoms with Gasteiger partial charge in [-0.25, -0.2) is 4.79 Å².